The first-order valence-electron chi connectivity index (χ1n) is 3.96. The van der Waals surface area contributed by atoms with Gasteiger partial charge in [0.2, 0.25) is 0 Å². The summed E-state index contributed by atoms with van der Waals surface area (Å²) in [5.41, 5.74) is 1.05. The van der Waals surface area contributed by atoms with Crippen LogP contribution in [0.25, 0.3) is 0 Å². The fourth-order valence-electron chi connectivity index (χ4n) is 1.40. The average molecular weight is 218 g/mol. The number of ether oxygens (including phenoxy) is 1. The molecule has 1 aromatic rings. The summed E-state index contributed by atoms with van der Waals surface area (Å²) in [4.78, 5) is 2.05. The third kappa shape index (κ3) is 1.75. The number of halogens is 2. The molecule has 1 aromatic carbocycles. The van der Waals surface area contributed by atoms with Gasteiger partial charge in [-0.15, -0.1) is 0 Å². The van der Waals surface area contributed by atoms with E-state index in [-0.39, 0.29) is 0 Å². The van der Waals surface area contributed by atoms with Crippen LogP contribution in [-0.2, 0) is 6.54 Å². The summed E-state index contributed by atoms with van der Waals surface area (Å²) in [7, 11) is 1.98. The van der Waals surface area contributed by atoms with Gasteiger partial charge in [-0.25, -0.2) is 0 Å². The molecule has 0 saturated heterocycles. The predicted octanol–water partition coefficient (Wildman–Crippen LogP) is 2.78. The molecule has 0 bridgehead atoms. The van der Waals surface area contributed by atoms with Gasteiger partial charge >= 0.3 is 0 Å². The number of hydrogen-bond acceptors (Lipinski definition) is 2. The summed E-state index contributed by atoms with van der Waals surface area (Å²) in [6.45, 7) is 1.41. The highest BCUT2D eigenvalue weighted by Crippen LogP contribution is 2.35. The van der Waals surface area contributed by atoms with Crippen molar-refractivity contribution >= 4 is 23.2 Å². The molecule has 2 rings (SSSR count). The lowest BCUT2D eigenvalue weighted by molar-refractivity contribution is 0.121. The van der Waals surface area contributed by atoms with E-state index in [9.17, 15) is 0 Å². The monoisotopic (exact) mass is 217 g/mol. The first-order chi connectivity index (χ1) is 6.16. The van der Waals surface area contributed by atoms with Crippen LogP contribution in [-0.4, -0.2) is 18.7 Å². The Morgan fingerprint density at radius 3 is 2.92 bits per heavy atom. The Morgan fingerprint density at radius 1 is 1.38 bits per heavy atom. The molecule has 0 spiro atoms. The third-order valence-electron chi connectivity index (χ3n) is 1.95. The van der Waals surface area contributed by atoms with Gasteiger partial charge in [0.05, 0.1) is 5.02 Å². The Bertz CT molecular complexity index is 341. The zero-order chi connectivity index (χ0) is 9.42. The Kier molecular flexibility index (Phi) is 2.37. The standard InChI is InChI=1S/C9H9Cl2NO/c1-12-4-6-2-7(10)3-8(11)9(6)13-5-12/h2-3H,4-5H2,1H3. The highest BCUT2D eigenvalue weighted by Gasteiger charge is 2.17. The minimum Gasteiger partial charge on any atom is -0.476 e. The number of benzene rings is 1. The quantitative estimate of drug-likeness (QED) is 0.663. The van der Waals surface area contributed by atoms with Crippen LogP contribution in [0.4, 0.5) is 0 Å². The molecule has 0 aliphatic carbocycles. The summed E-state index contributed by atoms with van der Waals surface area (Å²) in [6, 6.07) is 3.59. The average Bonchev–Trinajstić information content (AvgIpc) is 2.02. The van der Waals surface area contributed by atoms with Crippen LogP contribution in [0.1, 0.15) is 5.56 Å². The first kappa shape index (κ1) is 9.13. The van der Waals surface area contributed by atoms with E-state index in [0.717, 1.165) is 17.9 Å². The Morgan fingerprint density at radius 2 is 2.15 bits per heavy atom. The zero-order valence-electron chi connectivity index (χ0n) is 7.18. The molecule has 0 saturated carbocycles. The molecule has 0 unspecified atom stereocenters. The summed E-state index contributed by atoms with van der Waals surface area (Å²) in [5.74, 6) is 0.768. The fourth-order valence-corrected chi connectivity index (χ4v) is 1.99. The number of hydrogen-bond donors (Lipinski definition) is 0. The Balaban J connectivity index is 2.47. The summed E-state index contributed by atoms with van der Waals surface area (Å²) in [5, 5.41) is 1.25. The molecule has 0 fully saturated rings. The van der Waals surface area contributed by atoms with Crippen molar-refractivity contribution < 1.29 is 4.74 Å². The normalized spacial score (nSPS) is 16.5. The minimum atomic E-state index is 0.578. The number of nitrogens with zero attached hydrogens (tertiary/aromatic N) is 1. The van der Waals surface area contributed by atoms with Gasteiger partial charge in [0, 0.05) is 17.1 Å². The van der Waals surface area contributed by atoms with Crippen molar-refractivity contribution in [3.63, 3.8) is 0 Å². The lowest BCUT2D eigenvalue weighted by Crippen LogP contribution is -2.28. The number of rotatable bonds is 0. The van der Waals surface area contributed by atoms with Gasteiger partial charge in [-0.3, -0.25) is 4.90 Å². The first-order valence-corrected chi connectivity index (χ1v) is 4.71. The molecular formula is C9H9Cl2NO. The van der Waals surface area contributed by atoms with Gasteiger partial charge in [-0.1, -0.05) is 23.2 Å². The van der Waals surface area contributed by atoms with Crippen LogP contribution >= 0.6 is 23.2 Å². The summed E-state index contributed by atoms with van der Waals surface area (Å²) in [6.07, 6.45) is 0. The molecule has 1 aliphatic rings. The molecule has 0 radical (unpaired) electrons. The van der Waals surface area contributed by atoms with Crippen molar-refractivity contribution in [2.75, 3.05) is 13.8 Å². The van der Waals surface area contributed by atoms with E-state index >= 15 is 0 Å². The van der Waals surface area contributed by atoms with Gasteiger partial charge in [0.15, 0.2) is 0 Å². The van der Waals surface area contributed by atoms with Crippen LogP contribution in [0.15, 0.2) is 12.1 Å². The van der Waals surface area contributed by atoms with Crippen LogP contribution in [0.5, 0.6) is 5.75 Å². The number of fused-ring (bicyclic) bond motifs is 1. The molecule has 1 aliphatic heterocycles. The van der Waals surface area contributed by atoms with Crippen molar-refractivity contribution in [1.82, 2.24) is 4.90 Å². The maximum atomic E-state index is 5.97. The second-order valence-corrected chi connectivity index (χ2v) is 4.01. The molecule has 13 heavy (non-hydrogen) atoms. The van der Waals surface area contributed by atoms with Crippen molar-refractivity contribution in [3.8, 4) is 5.75 Å². The maximum absolute atomic E-state index is 5.97. The highest BCUT2D eigenvalue weighted by atomic mass is 35.5. The minimum absolute atomic E-state index is 0.578. The largest absolute Gasteiger partial charge is 0.476 e. The van der Waals surface area contributed by atoms with Crippen molar-refractivity contribution in [2.45, 2.75) is 6.54 Å². The van der Waals surface area contributed by atoms with Gasteiger partial charge in [0.25, 0.3) is 0 Å². The van der Waals surface area contributed by atoms with Crippen LogP contribution in [0, 0.1) is 0 Å². The molecule has 0 N–H and O–H groups in total. The van der Waals surface area contributed by atoms with Crippen LogP contribution in [0.3, 0.4) is 0 Å². The van der Waals surface area contributed by atoms with E-state index in [2.05, 4.69) is 4.90 Å². The van der Waals surface area contributed by atoms with Gasteiger partial charge in [-0.2, -0.15) is 0 Å². The van der Waals surface area contributed by atoms with Crippen molar-refractivity contribution in [1.29, 1.82) is 0 Å². The van der Waals surface area contributed by atoms with Crippen molar-refractivity contribution in [3.05, 3.63) is 27.7 Å². The summed E-state index contributed by atoms with van der Waals surface area (Å²) >= 11 is 11.8. The second kappa shape index (κ2) is 3.37. The molecule has 4 heteroatoms. The second-order valence-electron chi connectivity index (χ2n) is 3.16. The van der Waals surface area contributed by atoms with E-state index in [4.69, 9.17) is 27.9 Å². The van der Waals surface area contributed by atoms with Gasteiger partial charge < -0.3 is 4.74 Å². The fraction of sp³-hybridized carbons (Fsp3) is 0.333. The molecule has 2 nitrogen and oxygen atoms in total. The topological polar surface area (TPSA) is 12.5 Å². The summed E-state index contributed by atoms with van der Waals surface area (Å²) < 4.78 is 5.46. The smallest absolute Gasteiger partial charge is 0.144 e. The maximum Gasteiger partial charge on any atom is 0.144 e. The molecule has 70 valence electrons. The van der Waals surface area contributed by atoms with E-state index in [0.29, 0.717) is 16.8 Å². The molecule has 0 atom stereocenters. The van der Waals surface area contributed by atoms with Crippen LogP contribution < -0.4 is 4.74 Å². The van der Waals surface area contributed by atoms with Crippen LogP contribution in [0.2, 0.25) is 10.0 Å². The highest BCUT2D eigenvalue weighted by molar-refractivity contribution is 6.35. The lowest BCUT2D eigenvalue weighted by atomic mass is 10.2. The van der Waals surface area contributed by atoms with Gasteiger partial charge in [-0.05, 0) is 19.2 Å². The van der Waals surface area contributed by atoms with E-state index in [1.165, 1.54) is 0 Å². The molecular weight excluding hydrogens is 209 g/mol. The van der Waals surface area contributed by atoms with E-state index in [1.54, 1.807) is 6.07 Å². The lowest BCUT2D eigenvalue weighted by Gasteiger charge is -2.26. The van der Waals surface area contributed by atoms with E-state index < -0.39 is 0 Å². The molecule has 0 aromatic heterocycles. The Hall–Kier alpha value is -0.440. The third-order valence-corrected chi connectivity index (χ3v) is 2.45. The zero-order valence-corrected chi connectivity index (χ0v) is 8.69. The van der Waals surface area contributed by atoms with Crippen molar-refractivity contribution in [2.24, 2.45) is 0 Å². The Labute approximate surface area is 87.0 Å². The SMILES string of the molecule is CN1COc2c(Cl)cc(Cl)cc2C1. The van der Waals surface area contributed by atoms with E-state index in [1.807, 2.05) is 13.1 Å². The molecule has 1 heterocycles. The molecule has 0 amide bonds. The van der Waals surface area contributed by atoms with Gasteiger partial charge in [0.1, 0.15) is 12.5 Å². The predicted molar refractivity (Wildman–Crippen MR) is 53.4 cm³/mol.